The number of methoxy groups -OCH3 is 1. The topological polar surface area (TPSA) is 116 Å². The third-order valence-corrected chi connectivity index (χ3v) is 5.91. The number of hydrogen-bond acceptors (Lipinski definition) is 7. The van der Waals surface area contributed by atoms with Crippen molar-refractivity contribution in [2.45, 2.75) is 44.6 Å². The van der Waals surface area contributed by atoms with Crippen molar-refractivity contribution in [2.75, 3.05) is 12.4 Å². The van der Waals surface area contributed by atoms with Crippen molar-refractivity contribution in [2.24, 2.45) is 5.92 Å². The highest BCUT2D eigenvalue weighted by molar-refractivity contribution is 5.94. The highest BCUT2D eigenvalue weighted by Gasteiger charge is 2.28. The molecule has 0 saturated heterocycles. The first-order chi connectivity index (χ1) is 15.6. The number of fused-ring (bicyclic) bond motifs is 1. The SMILES string of the molecule is COC(=O)c1ccc(NC(=O)C(CC2CCCCC2)n2cnc3ncccc3c2=O)nc1. The van der Waals surface area contributed by atoms with Gasteiger partial charge in [-0.05, 0) is 36.6 Å². The van der Waals surface area contributed by atoms with Crippen molar-refractivity contribution in [1.82, 2.24) is 19.5 Å². The van der Waals surface area contributed by atoms with Gasteiger partial charge in [-0.25, -0.2) is 19.7 Å². The van der Waals surface area contributed by atoms with Crippen molar-refractivity contribution < 1.29 is 14.3 Å². The van der Waals surface area contributed by atoms with E-state index in [0.717, 1.165) is 25.7 Å². The van der Waals surface area contributed by atoms with Gasteiger partial charge in [0.2, 0.25) is 5.91 Å². The normalized spacial score (nSPS) is 15.3. The first-order valence-electron chi connectivity index (χ1n) is 10.7. The van der Waals surface area contributed by atoms with E-state index in [0.29, 0.717) is 29.2 Å². The third kappa shape index (κ3) is 4.66. The van der Waals surface area contributed by atoms with Gasteiger partial charge in [-0.1, -0.05) is 32.1 Å². The summed E-state index contributed by atoms with van der Waals surface area (Å²) in [4.78, 5) is 50.6. The van der Waals surface area contributed by atoms with E-state index in [1.165, 1.54) is 42.8 Å². The van der Waals surface area contributed by atoms with Gasteiger partial charge in [-0.15, -0.1) is 0 Å². The van der Waals surface area contributed by atoms with Gasteiger partial charge < -0.3 is 10.1 Å². The molecule has 1 N–H and O–H groups in total. The Morgan fingerprint density at radius 1 is 1.16 bits per heavy atom. The molecule has 0 aromatic carbocycles. The summed E-state index contributed by atoms with van der Waals surface area (Å²) in [5, 5.41) is 3.16. The van der Waals surface area contributed by atoms with E-state index < -0.39 is 12.0 Å². The Hall–Kier alpha value is -3.62. The highest BCUT2D eigenvalue weighted by atomic mass is 16.5. The summed E-state index contributed by atoms with van der Waals surface area (Å²) in [6.45, 7) is 0. The van der Waals surface area contributed by atoms with Crippen LogP contribution in [-0.4, -0.2) is 38.5 Å². The van der Waals surface area contributed by atoms with Crippen LogP contribution in [0.2, 0.25) is 0 Å². The molecule has 3 heterocycles. The minimum atomic E-state index is -0.732. The monoisotopic (exact) mass is 435 g/mol. The molecule has 1 atom stereocenters. The molecule has 0 aliphatic heterocycles. The predicted octanol–water partition coefficient (Wildman–Crippen LogP) is 3.12. The molecule has 3 aromatic rings. The lowest BCUT2D eigenvalue weighted by molar-refractivity contribution is -0.120. The molecular formula is C23H25N5O4. The van der Waals surface area contributed by atoms with Gasteiger partial charge in [0, 0.05) is 12.4 Å². The zero-order chi connectivity index (χ0) is 22.5. The maximum atomic E-state index is 13.3. The van der Waals surface area contributed by atoms with E-state index in [4.69, 9.17) is 0 Å². The fourth-order valence-corrected chi connectivity index (χ4v) is 4.20. The summed E-state index contributed by atoms with van der Waals surface area (Å²) in [5.74, 6) is -0.209. The fourth-order valence-electron chi connectivity index (χ4n) is 4.20. The van der Waals surface area contributed by atoms with Gasteiger partial charge >= 0.3 is 5.97 Å². The number of amides is 1. The number of pyridine rings is 2. The molecule has 1 aliphatic rings. The number of ether oxygens (including phenoxy) is 1. The summed E-state index contributed by atoms with van der Waals surface area (Å²) in [6, 6.07) is 5.67. The fraction of sp³-hybridized carbons (Fsp3) is 0.391. The number of carbonyl (C=O) groups is 2. The molecule has 0 spiro atoms. The molecule has 32 heavy (non-hydrogen) atoms. The minimum Gasteiger partial charge on any atom is -0.465 e. The second kappa shape index (κ2) is 9.67. The van der Waals surface area contributed by atoms with Crippen LogP contribution in [0.25, 0.3) is 11.0 Å². The quantitative estimate of drug-likeness (QED) is 0.591. The standard InChI is InChI=1S/C23H25N5O4/c1-32-23(31)16-9-10-19(25-13-16)27-21(29)18(12-15-6-3-2-4-7-15)28-14-26-20-17(22(28)30)8-5-11-24-20/h5,8-11,13-15,18H,2-4,6-7,12H2,1H3,(H,25,27,29). The van der Waals surface area contributed by atoms with Crippen LogP contribution < -0.4 is 10.9 Å². The summed E-state index contributed by atoms with van der Waals surface area (Å²) in [5.41, 5.74) is 0.338. The van der Waals surface area contributed by atoms with Crippen LogP contribution in [0.4, 0.5) is 5.82 Å². The van der Waals surface area contributed by atoms with Crippen LogP contribution in [-0.2, 0) is 9.53 Å². The van der Waals surface area contributed by atoms with Gasteiger partial charge in [-0.2, -0.15) is 0 Å². The molecule has 0 radical (unpaired) electrons. The second-order valence-electron chi connectivity index (χ2n) is 8.00. The maximum absolute atomic E-state index is 13.3. The lowest BCUT2D eigenvalue weighted by atomic mass is 9.84. The zero-order valence-corrected chi connectivity index (χ0v) is 17.9. The van der Waals surface area contributed by atoms with E-state index >= 15 is 0 Å². The third-order valence-electron chi connectivity index (χ3n) is 5.91. The molecule has 1 saturated carbocycles. The van der Waals surface area contributed by atoms with Crippen LogP contribution in [0, 0.1) is 5.92 Å². The Labute approximate surface area is 184 Å². The lowest BCUT2D eigenvalue weighted by Crippen LogP contribution is -2.35. The average Bonchev–Trinajstić information content (AvgIpc) is 2.84. The first kappa shape index (κ1) is 21.6. The van der Waals surface area contributed by atoms with Gasteiger partial charge in [0.1, 0.15) is 18.2 Å². The van der Waals surface area contributed by atoms with Crippen LogP contribution >= 0.6 is 0 Å². The molecule has 0 bridgehead atoms. The minimum absolute atomic E-state index is 0.284. The highest BCUT2D eigenvalue weighted by Crippen LogP contribution is 2.31. The van der Waals surface area contributed by atoms with Crippen molar-refractivity contribution in [1.29, 1.82) is 0 Å². The molecule has 1 aliphatic carbocycles. The molecular weight excluding hydrogens is 410 g/mol. The van der Waals surface area contributed by atoms with Crippen LogP contribution in [0.5, 0.6) is 0 Å². The van der Waals surface area contributed by atoms with E-state index in [2.05, 4.69) is 25.0 Å². The van der Waals surface area contributed by atoms with Gasteiger partial charge in [0.25, 0.3) is 5.56 Å². The number of carbonyl (C=O) groups excluding carboxylic acids is 2. The summed E-state index contributed by atoms with van der Waals surface area (Å²) in [6.07, 6.45) is 10.4. The number of aromatic nitrogens is 4. The summed E-state index contributed by atoms with van der Waals surface area (Å²) < 4.78 is 6.07. The number of anilines is 1. The van der Waals surface area contributed by atoms with Crippen molar-refractivity contribution >= 4 is 28.7 Å². The van der Waals surface area contributed by atoms with E-state index in [-0.39, 0.29) is 17.0 Å². The van der Waals surface area contributed by atoms with Gasteiger partial charge in [0.15, 0.2) is 5.65 Å². The van der Waals surface area contributed by atoms with Gasteiger partial charge in [-0.3, -0.25) is 14.2 Å². The number of hydrogen-bond donors (Lipinski definition) is 1. The zero-order valence-electron chi connectivity index (χ0n) is 17.9. The van der Waals surface area contributed by atoms with Crippen LogP contribution in [0.1, 0.15) is 54.9 Å². The molecule has 1 unspecified atom stereocenters. The Kier molecular flexibility index (Phi) is 6.53. The predicted molar refractivity (Wildman–Crippen MR) is 118 cm³/mol. The lowest BCUT2D eigenvalue weighted by Gasteiger charge is -2.27. The molecule has 4 rings (SSSR count). The molecule has 9 nitrogen and oxygen atoms in total. The molecule has 1 amide bonds. The van der Waals surface area contributed by atoms with Gasteiger partial charge in [0.05, 0.1) is 18.1 Å². The number of esters is 1. The number of rotatable bonds is 6. The van der Waals surface area contributed by atoms with E-state index in [9.17, 15) is 14.4 Å². The Balaban J connectivity index is 1.63. The number of nitrogens with one attached hydrogen (secondary N) is 1. The maximum Gasteiger partial charge on any atom is 0.339 e. The second-order valence-corrected chi connectivity index (χ2v) is 8.00. The summed E-state index contributed by atoms with van der Waals surface area (Å²) in [7, 11) is 1.29. The Bertz CT molecular complexity index is 1170. The van der Waals surface area contributed by atoms with Crippen LogP contribution in [0.15, 0.2) is 47.8 Å². The van der Waals surface area contributed by atoms with Crippen LogP contribution in [0.3, 0.4) is 0 Å². The van der Waals surface area contributed by atoms with Crippen molar-refractivity contribution in [3.05, 3.63) is 58.9 Å². The smallest absolute Gasteiger partial charge is 0.339 e. The largest absolute Gasteiger partial charge is 0.465 e. The number of nitrogens with zero attached hydrogens (tertiary/aromatic N) is 4. The first-order valence-corrected chi connectivity index (χ1v) is 10.7. The molecule has 3 aromatic heterocycles. The molecule has 166 valence electrons. The molecule has 1 fully saturated rings. The summed E-state index contributed by atoms with van der Waals surface area (Å²) >= 11 is 0. The van der Waals surface area contributed by atoms with E-state index in [1.807, 2.05) is 0 Å². The molecule has 9 heteroatoms. The Morgan fingerprint density at radius 2 is 1.97 bits per heavy atom. The van der Waals surface area contributed by atoms with Crippen molar-refractivity contribution in [3.63, 3.8) is 0 Å². The van der Waals surface area contributed by atoms with E-state index in [1.54, 1.807) is 18.3 Å². The Morgan fingerprint density at radius 3 is 2.69 bits per heavy atom. The van der Waals surface area contributed by atoms with Crippen molar-refractivity contribution in [3.8, 4) is 0 Å². The average molecular weight is 435 g/mol.